The molecule has 24 heavy (non-hydrogen) atoms. The molecule has 0 bridgehead atoms. The standard InChI is InChI=1S/C18H26F2N2O2/c1-18(2,3)24-17(23)22-9-5-4-6-16(22)14(11-21)13-8-7-12(19)10-15(13)20/h7-8,10,14,16H,4-6,9,11,21H2,1-3H3. The SMILES string of the molecule is CC(C)(C)OC(=O)N1CCCCC1C(CN)c1ccc(F)cc1F. The van der Waals surface area contributed by atoms with Gasteiger partial charge in [0, 0.05) is 31.1 Å². The number of carbonyl (C=O) groups excluding carboxylic acids is 1. The Balaban J connectivity index is 2.28. The number of halogens is 2. The maximum absolute atomic E-state index is 14.2. The highest BCUT2D eigenvalue weighted by Crippen LogP contribution is 2.32. The Kier molecular flexibility index (Phi) is 5.80. The predicted molar refractivity (Wildman–Crippen MR) is 88.7 cm³/mol. The van der Waals surface area contributed by atoms with Crippen molar-refractivity contribution in [2.24, 2.45) is 5.73 Å². The van der Waals surface area contributed by atoms with E-state index in [0.29, 0.717) is 12.1 Å². The molecule has 0 spiro atoms. The molecule has 0 saturated carbocycles. The van der Waals surface area contributed by atoms with Gasteiger partial charge in [0.05, 0.1) is 0 Å². The van der Waals surface area contributed by atoms with E-state index < -0.39 is 29.2 Å². The first-order chi connectivity index (χ1) is 11.2. The van der Waals surface area contributed by atoms with Crippen LogP contribution in [0.25, 0.3) is 0 Å². The number of piperidine rings is 1. The number of carbonyl (C=O) groups is 1. The second-order valence-corrected chi connectivity index (χ2v) is 7.24. The van der Waals surface area contributed by atoms with Crippen molar-refractivity contribution in [3.05, 3.63) is 35.4 Å². The summed E-state index contributed by atoms with van der Waals surface area (Å²) in [6.45, 7) is 6.16. The molecule has 1 fully saturated rings. The van der Waals surface area contributed by atoms with Crippen molar-refractivity contribution < 1.29 is 18.3 Å². The van der Waals surface area contributed by atoms with Gasteiger partial charge in [-0.25, -0.2) is 13.6 Å². The second-order valence-electron chi connectivity index (χ2n) is 7.24. The number of benzene rings is 1. The third-order valence-corrected chi connectivity index (χ3v) is 4.26. The predicted octanol–water partition coefficient (Wildman–Crippen LogP) is 3.80. The first-order valence-electron chi connectivity index (χ1n) is 8.37. The van der Waals surface area contributed by atoms with Gasteiger partial charge in [-0.15, -0.1) is 0 Å². The first kappa shape index (κ1) is 18.6. The van der Waals surface area contributed by atoms with Gasteiger partial charge in [0.25, 0.3) is 0 Å². The van der Waals surface area contributed by atoms with Crippen molar-refractivity contribution in [3.63, 3.8) is 0 Å². The molecule has 1 aromatic carbocycles. The van der Waals surface area contributed by atoms with E-state index in [2.05, 4.69) is 0 Å². The third kappa shape index (κ3) is 4.44. The highest BCUT2D eigenvalue weighted by Gasteiger charge is 2.36. The van der Waals surface area contributed by atoms with Gasteiger partial charge in [-0.05, 0) is 51.7 Å². The van der Waals surface area contributed by atoms with Crippen LogP contribution in [0.4, 0.5) is 13.6 Å². The summed E-state index contributed by atoms with van der Waals surface area (Å²) in [7, 11) is 0. The number of rotatable bonds is 3. The molecule has 1 aromatic rings. The summed E-state index contributed by atoms with van der Waals surface area (Å²) in [5, 5.41) is 0. The lowest BCUT2D eigenvalue weighted by molar-refractivity contribution is 0.00648. The van der Waals surface area contributed by atoms with Gasteiger partial charge >= 0.3 is 6.09 Å². The number of hydrogen-bond donors (Lipinski definition) is 1. The van der Waals surface area contributed by atoms with Crippen LogP contribution in [0.3, 0.4) is 0 Å². The van der Waals surface area contributed by atoms with Gasteiger partial charge in [0.15, 0.2) is 0 Å². The van der Waals surface area contributed by atoms with Crippen molar-refractivity contribution in [2.75, 3.05) is 13.1 Å². The van der Waals surface area contributed by atoms with Gasteiger partial charge in [0.2, 0.25) is 0 Å². The molecular weight excluding hydrogens is 314 g/mol. The molecule has 1 aliphatic rings. The zero-order valence-electron chi connectivity index (χ0n) is 14.5. The van der Waals surface area contributed by atoms with Crippen LogP contribution < -0.4 is 5.73 Å². The molecule has 1 heterocycles. The Bertz CT molecular complexity index is 587. The lowest BCUT2D eigenvalue weighted by Gasteiger charge is -2.40. The molecule has 0 radical (unpaired) electrons. The van der Waals surface area contributed by atoms with E-state index in [1.54, 1.807) is 4.90 Å². The molecule has 0 aliphatic carbocycles. The fourth-order valence-electron chi connectivity index (χ4n) is 3.22. The van der Waals surface area contributed by atoms with Crippen LogP contribution in [-0.2, 0) is 4.74 Å². The van der Waals surface area contributed by atoms with Crippen molar-refractivity contribution >= 4 is 6.09 Å². The average Bonchev–Trinajstić information content (AvgIpc) is 2.49. The van der Waals surface area contributed by atoms with E-state index in [0.717, 1.165) is 25.3 Å². The average molecular weight is 340 g/mol. The summed E-state index contributed by atoms with van der Waals surface area (Å²) in [6.07, 6.45) is 2.12. The highest BCUT2D eigenvalue weighted by molar-refractivity contribution is 5.69. The van der Waals surface area contributed by atoms with E-state index in [1.807, 2.05) is 20.8 Å². The van der Waals surface area contributed by atoms with Crippen LogP contribution >= 0.6 is 0 Å². The van der Waals surface area contributed by atoms with Gasteiger partial charge in [-0.3, -0.25) is 0 Å². The van der Waals surface area contributed by atoms with Crippen LogP contribution in [-0.4, -0.2) is 35.7 Å². The van der Waals surface area contributed by atoms with Crippen molar-refractivity contribution in [2.45, 2.75) is 57.6 Å². The Morgan fingerprint density at radius 1 is 1.38 bits per heavy atom. The summed E-state index contributed by atoms with van der Waals surface area (Å²) >= 11 is 0. The minimum atomic E-state index is -0.625. The zero-order chi connectivity index (χ0) is 17.9. The summed E-state index contributed by atoms with van der Waals surface area (Å²) < 4.78 is 32.9. The zero-order valence-corrected chi connectivity index (χ0v) is 14.5. The monoisotopic (exact) mass is 340 g/mol. The lowest BCUT2D eigenvalue weighted by Crippen LogP contribution is -2.50. The van der Waals surface area contributed by atoms with E-state index >= 15 is 0 Å². The summed E-state index contributed by atoms with van der Waals surface area (Å²) in [4.78, 5) is 14.2. The molecule has 1 aliphatic heterocycles. The summed E-state index contributed by atoms with van der Waals surface area (Å²) in [6, 6.07) is 3.25. The van der Waals surface area contributed by atoms with Gasteiger partial charge in [0.1, 0.15) is 17.2 Å². The van der Waals surface area contributed by atoms with Crippen LogP contribution in [0.5, 0.6) is 0 Å². The Morgan fingerprint density at radius 3 is 2.67 bits per heavy atom. The topological polar surface area (TPSA) is 55.6 Å². The normalized spacial score (nSPS) is 19.9. The van der Waals surface area contributed by atoms with Crippen molar-refractivity contribution in [1.29, 1.82) is 0 Å². The lowest BCUT2D eigenvalue weighted by atomic mass is 9.85. The molecule has 6 heteroatoms. The molecule has 4 nitrogen and oxygen atoms in total. The number of likely N-dealkylation sites (tertiary alicyclic amines) is 1. The highest BCUT2D eigenvalue weighted by atomic mass is 19.1. The number of ether oxygens (including phenoxy) is 1. The van der Waals surface area contributed by atoms with Crippen molar-refractivity contribution in [3.8, 4) is 0 Å². The van der Waals surface area contributed by atoms with Crippen LogP contribution in [0, 0.1) is 11.6 Å². The van der Waals surface area contributed by atoms with Gasteiger partial charge in [-0.1, -0.05) is 6.07 Å². The molecule has 2 atom stereocenters. The number of nitrogens with zero attached hydrogens (tertiary/aromatic N) is 1. The smallest absolute Gasteiger partial charge is 0.410 e. The number of nitrogens with two attached hydrogens (primary N) is 1. The molecule has 134 valence electrons. The molecule has 1 amide bonds. The van der Waals surface area contributed by atoms with E-state index in [9.17, 15) is 13.6 Å². The van der Waals surface area contributed by atoms with Gasteiger partial charge in [-0.2, -0.15) is 0 Å². The molecule has 2 N–H and O–H groups in total. The Labute approximate surface area is 142 Å². The molecule has 0 aromatic heterocycles. The van der Waals surface area contributed by atoms with E-state index in [4.69, 9.17) is 10.5 Å². The minimum Gasteiger partial charge on any atom is -0.444 e. The fraction of sp³-hybridized carbons (Fsp3) is 0.611. The minimum absolute atomic E-state index is 0.173. The Hall–Kier alpha value is -1.69. The van der Waals surface area contributed by atoms with Crippen LogP contribution in [0.15, 0.2) is 18.2 Å². The maximum Gasteiger partial charge on any atom is 0.410 e. The summed E-state index contributed by atoms with van der Waals surface area (Å²) in [5.74, 6) is -1.64. The first-order valence-corrected chi connectivity index (χ1v) is 8.37. The van der Waals surface area contributed by atoms with Gasteiger partial charge < -0.3 is 15.4 Å². The second kappa shape index (κ2) is 7.47. The quantitative estimate of drug-likeness (QED) is 0.911. The fourth-order valence-corrected chi connectivity index (χ4v) is 3.22. The van der Waals surface area contributed by atoms with E-state index in [-0.39, 0.29) is 12.6 Å². The third-order valence-electron chi connectivity index (χ3n) is 4.26. The van der Waals surface area contributed by atoms with Crippen LogP contribution in [0.2, 0.25) is 0 Å². The number of amides is 1. The van der Waals surface area contributed by atoms with E-state index in [1.165, 1.54) is 12.1 Å². The maximum atomic E-state index is 14.2. The van der Waals surface area contributed by atoms with Crippen molar-refractivity contribution in [1.82, 2.24) is 4.90 Å². The molecular formula is C18H26F2N2O2. The largest absolute Gasteiger partial charge is 0.444 e. The molecule has 2 rings (SSSR count). The van der Waals surface area contributed by atoms with Crippen LogP contribution in [0.1, 0.15) is 51.5 Å². The summed E-state index contributed by atoms with van der Waals surface area (Å²) in [5.41, 5.74) is 5.64. The molecule has 1 saturated heterocycles. The number of hydrogen-bond acceptors (Lipinski definition) is 3. The Morgan fingerprint density at radius 2 is 2.08 bits per heavy atom. The molecule has 2 unspecified atom stereocenters.